The Morgan fingerprint density at radius 3 is 2.78 bits per heavy atom. The maximum Gasteiger partial charge on any atom is 0.435 e. The topological polar surface area (TPSA) is 58.4 Å². The second-order valence-corrected chi connectivity index (χ2v) is 4.18. The normalized spacial score (nSPS) is 20.4. The van der Waals surface area contributed by atoms with Crippen LogP contribution in [0.1, 0.15) is 12.1 Å². The lowest BCUT2D eigenvalue weighted by Crippen LogP contribution is -2.32. The lowest BCUT2D eigenvalue weighted by Gasteiger charge is -2.15. The summed E-state index contributed by atoms with van der Waals surface area (Å²) in [5.41, 5.74) is -1.02. The van der Waals surface area contributed by atoms with E-state index in [2.05, 4.69) is 5.10 Å². The number of aromatic nitrogens is 2. The summed E-state index contributed by atoms with van der Waals surface area (Å²) in [4.78, 5) is 13.1. The zero-order valence-corrected chi connectivity index (χ0v) is 9.39. The highest BCUT2D eigenvalue weighted by Crippen LogP contribution is 2.27. The molecule has 0 radical (unpaired) electrons. The monoisotopic (exact) mass is 263 g/mol. The highest BCUT2D eigenvalue weighted by Gasteiger charge is 2.34. The number of likely N-dealkylation sites (tertiary alicyclic amines) is 1. The van der Waals surface area contributed by atoms with Crippen LogP contribution >= 0.6 is 0 Å². The Morgan fingerprint density at radius 2 is 2.28 bits per heavy atom. The van der Waals surface area contributed by atoms with E-state index in [-0.39, 0.29) is 19.0 Å². The molecular formula is C10H12F3N3O2. The number of carbonyl (C=O) groups excluding carboxylic acids is 1. The van der Waals surface area contributed by atoms with Gasteiger partial charge in [0.1, 0.15) is 6.54 Å². The summed E-state index contributed by atoms with van der Waals surface area (Å²) in [5.74, 6) is -0.344. The van der Waals surface area contributed by atoms with Gasteiger partial charge in [0, 0.05) is 19.3 Å². The maximum atomic E-state index is 12.3. The summed E-state index contributed by atoms with van der Waals surface area (Å²) in [6, 6.07) is 0.826. The third-order valence-electron chi connectivity index (χ3n) is 2.74. The minimum absolute atomic E-state index is 0.228. The molecule has 0 saturated carbocycles. The molecular weight excluding hydrogens is 251 g/mol. The molecule has 0 aromatic carbocycles. The molecule has 0 unspecified atom stereocenters. The van der Waals surface area contributed by atoms with Gasteiger partial charge in [0.05, 0.1) is 6.10 Å². The zero-order chi connectivity index (χ0) is 13.3. The van der Waals surface area contributed by atoms with Crippen molar-refractivity contribution in [2.24, 2.45) is 0 Å². The standard InChI is InChI=1S/C10H12F3N3O2/c11-10(12,13)8-2-4-16(14-8)6-9(18)15-3-1-7(17)5-15/h2,4,7,17H,1,3,5-6H2/t7-/m0/s1. The molecule has 0 bridgehead atoms. The largest absolute Gasteiger partial charge is 0.435 e. The van der Waals surface area contributed by atoms with Crippen molar-refractivity contribution in [3.63, 3.8) is 0 Å². The van der Waals surface area contributed by atoms with Gasteiger partial charge in [-0.05, 0) is 12.5 Å². The van der Waals surface area contributed by atoms with E-state index in [0.29, 0.717) is 13.0 Å². The number of hydrogen-bond acceptors (Lipinski definition) is 3. The first-order valence-electron chi connectivity index (χ1n) is 5.43. The average molecular weight is 263 g/mol. The van der Waals surface area contributed by atoms with E-state index in [9.17, 15) is 23.1 Å². The molecule has 1 fully saturated rings. The molecule has 100 valence electrons. The van der Waals surface area contributed by atoms with E-state index >= 15 is 0 Å². The maximum absolute atomic E-state index is 12.3. The number of nitrogens with zero attached hydrogens (tertiary/aromatic N) is 3. The van der Waals surface area contributed by atoms with Crippen molar-refractivity contribution in [1.82, 2.24) is 14.7 Å². The quantitative estimate of drug-likeness (QED) is 0.845. The summed E-state index contributed by atoms with van der Waals surface area (Å²) in [6.45, 7) is 0.405. The van der Waals surface area contributed by atoms with Gasteiger partial charge in [0.15, 0.2) is 5.69 Å². The van der Waals surface area contributed by atoms with Crippen molar-refractivity contribution in [3.8, 4) is 0 Å². The minimum atomic E-state index is -4.50. The van der Waals surface area contributed by atoms with E-state index in [1.165, 1.54) is 4.90 Å². The van der Waals surface area contributed by atoms with Crippen LogP contribution in [0.25, 0.3) is 0 Å². The minimum Gasteiger partial charge on any atom is -0.391 e. The highest BCUT2D eigenvalue weighted by molar-refractivity contribution is 5.76. The summed E-state index contributed by atoms with van der Waals surface area (Å²) >= 11 is 0. The van der Waals surface area contributed by atoms with Gasteiger partial charge in [-0.3, -0.25) is 9.48 Å². The van der Waals surface area contributed by atoms with Gasteiger partial charge in [-0.25, -0.2) is 0 Å². The van der Waals surface area contributed by atoms with E-state index in [0.717, 1.165) is 16.9 Å². The number of aliphatic hydroxyl groups is 1. The van der Waals surface area contributed by atoms with Crippen molar-refractivity contribution in [2.45, 2.75) is 25.2 Å². The molecule has 1 aromatic heterocycles. The third-order valence-corrected chi connectivity index (χ3v) is 2.74. The van der Waals surface area contributed by atoms with Gasteiger partial charge >= 0.3 is 6.18 Å². The third kappa shape index (κ3) is 2.81. The Balaban J connectivity index is 1.97. The zero-order valence-electron chi connectivity index (χ0n) is 9.39. The molecule has 1 atom stereocenters. The van der Waals surface area contributed by atoms with Crippen LogP contribution in [0, 0.1) is 0 Å². The number of carbonyl (C=O) groups is 1. The van der Waals surface area contributed by atoms with Crippen LogP contribution < -0.4 is 0 Å². The van der Waals surface area contributed by atoms with E-state index < -0.39 is 18.0 Å². The fourth-order valence-electron chi connectivity index (χ4n) is 1.81. The van der Waals surface area contributed by atoms with Crippen LogP contribution in [0.15, 0.2) is 12.3 Å². The molecule has 18 heavy (non-hydrogen) atoms. The molecule has 1 aliphatic heterocycles. The molecule has 1 saturated heterocycles. The number of amides is 1. The van der Waals surface area contributed by atoms with Crippen LogP contribution in [-0.2, 0) is 17.5 Å². The first kappa shape index (κ1) is 12.9. The lowest BCUT2D eigenvalue weighted by atomic mass is 10.3. The summed E-state index contributed by atoms with van der Waals surface area (Å²) in [7, 11) is 0. The van der Waals surface area contributed by atoms with Gasteiger partial charge < -0.3 is 10.0 Å². The summed E-state index contributed by atoms with van der Waals surface area (Å²) < 4.78 is 37.8. The van der Waals surface area contributed by atoms with E-state index in [1.54, 1.807) is 0 Å². The van der Waals surface area contributed by atoms with Crippen molar-refractivity contribution < 1.29 is 23.1 Å². The molecule has 1 N–H and O–H groups in total. The van der Waals surface area contributed by atoms with Crippen LogP contribution in [0.5, 0.6) is 0 Å². The molecule has 0 spiro atoms. The summed E-state index contributed by atoms with van der Waals surface area (Å²) in [5, 5.41) is 12.6. The van der Waals surface area contributed by atoms with Crippen LogP contribution in [0.4, 0.5) is 13.2 Å². The van der Waals surface area contributed by atoms with Gasteiger partial charge in [-0.15, -0.1) is 0 Å². The van der Waals surface area contributed by atoms with E-state index in [1.807, 2.05) is 0 Å². The van der Waals surface area contributed by atoms with Gasteiger partial charge in [0.2, 0.25) is 5.91 Å². The number of hydrogen-bond donors (Lipinski definition) is 1. The molecule has 1 aromatic rings. The molecule has 8 heteroatoms. The Bertz CT molecular complexity index is 444. The first-order chi connectivity index (χ1) is 8.36. The second-order valence-electron chi connectivity index (χ2n) is 4.18. The van der Waals surface area contributed by atoms with Gasteiger partial charge in [0.25, 0.3) is 0 Å². The molecule has 0 aliphatic carbocycles. The van der Waals surface area contributed by atoms with Crippen molar-refractivity contribution in [2.75, 3.05) is 13.1 Å². The summed E-state index contributed by atoms with van der Waals surface area (Å²) in [6.07, 6.45) is -3.43. The molecule has 1 aliphatic rings. The Kier molecular flexibility index (Phi) is 3.29. The second kappa shape index (κ2) is 4.60. The number of rotatable bonds is 2. The number of β-amino-alcohol motifs (C(OH)–C–C–N with tert-alkyl or cyclic N) is 1. The fraction of sp³-hybridized carbons (Fsp3) is 0.600. The smallest absolute Gasteiger partial charge is 0.391 e. The van der Waals surface area contributed by atoms with Crippen molar-refractivity contribution in [1.29, 1.82) is 0 Å². The van der Waals surface area contributed by atoms with E-state index in [4.69, 9.17) is 0 Å². The predicted octanol–water partition coefficient (Wildman–Crippen LogP) is 0.495. The molecule has 1 amide bonds. The molecule has 2 rings (SSSR count). The highest BCUT2D eigenvalue weighted by atomic mass is 19.4. The first-order valence-corrected chi connectivity index (χ1v) is 5.43. The Morgan fingerprint density at radius 1 is 1.56 bits per heavy atom. The van der Waals surface area contributed by atoms with Crippen LogP contribution in [0.3, 0.4) is 0 Å². The molecule has 5 nitrogen and oxygen atoms in total. The predicted molar refractivity (Wildman–Crippen MR) is 54.4 cm³/mol. The number of alkyl halides is 3. The van der Waals surface area contributed by atoms with Crippen LogP contribution in [0.2, 0.25) is 0 Å². The SMILES string of the molecule is O=C(Cn1ccc(C(F)(F)F)n1)N1CC[C@H](O)C1. The van der Waals surface area contributed by atoms with Crippen LogP contribution in [-0.4, -0.2) is 44.9 Å². The average Bonchev–Trinajstić information content (AvgIpc) is 2.85. The number of aliphatic hydroxyl groups excluding tert-OH is 1. The van der Waals surface area contributed by atoms with Gasteiger partial charge in [-0.1, -0.05) is 0 Å². The fourth-order valence-corrected chi connectivity index (χ4v) is 1.81. The van der Waals surface area contributed by atoms with Crippen molar-refractivity contribution in [3.05, 3.63) is 18.0 Å². The lowest BCUT2D eigenvalue weighted by molar-refractivity contribution is -0.142. The van der Waals surface area contributed by atoms with Crippen molar-refractivity contribution >= 4 is 5.91 Å². The Labute approximate surface area is 101 Å². The number of halogens is 3. The van der Waals surface area contributed by atoms with Gasteiger partial charge in [-0.2, -0.15) is 18.3 Å². The molecule has 2 heterocycles. The Hall–Kier alpha value is -1.57.